The summed E-state index contributed by atoms with van der Waals surface area (Å²) in [5, 5.41) is 12.7. The molecule has 3 aromatic rings. The SMILES string of the molecule is Cn1ccc2c(N3CCC(O)(c4ccc(Cl)cc4)CC3)ncnc21. The quantitative estimate of drug-likeness (QED) is 0.777. The lowest BCUT2D eigenvalue weighted by Gasteiger charge is -2.39. The molecule has 0 saturated carbocycles. The highest BCUT2D eigenvalue weighted by Gasteiger charge is 2.34. The van der Waals surface area contributed by atoms with Gasteiger partial charge in [-0.15, -0.1) is 0 Å². The fourth-order valence-electron chi connectivity index (χ4n) is 3.45. The summed E-state index contributed by atoms with van der Waals surface area (Å²) in [6.07, 6.45) is 4.93. The van der Waals surface area contributed by atoms with Gasteiger partial charge in [-0.2, -0.15) is 0 Å². The van der Waals surface area contributed by atoms with Crippen molar-refractivity contribution in [3.63, 3.8) is 0 Å². The highest BCUT2D eigenvalue weighted by molar-refractivity contribution is 6.30. The van der Waals surface area contributed by atoms with Crippen LogP contribution in [0, 0.1) is 0 Å². The molecule has 6 heteroatoms. The zero-order chi connectivity index (χ0) is 16.7. The molecule has 1 aliphatic heterocycles. The van der Waals surface area contributed by atoms with Crippen molar-refractivity contribution in [2.24, 2.45) is 7.05 Å². The van der Waals surface area contributed by atoms with E-state index in [1.165, 1.54) is 0 Å². The monoisotopic (exact) mass is 342 g/mol. The van der Waals surface area contributed by atoms with Crippen LogP contribution in [0.2, 0.25) is 5.02 Å². The largest absolute Gasteiger partial charge is 0.385 e. The van der Waals surface area contributed by atoms with Crippen molar-refractivity contribution in [1.82, 2.24) is 14.5 Å². The maximum atomic E-state index is 11.0. The molecule has 0 unspecified atom stereocenters. The van der Waals surface area contributed by atoms with Gasteiger partial charge in [0.15, 0.2) is 0 Å². The lowest BCUT2D eigenvalue weighted by atomic mass is 9.84. The van der Waals surface area contributed by atoms with Crippen LogP contribution in [-0.4, -0.2) is 32.7 Å². The molecule has 4 rings (SSSR count). The Bertz CT molecular complexity index is 866. The third-order valence-electron chi connectivity index (χ3n) is 4.91. The summed E-state index contributed by atoms with van der Waals surface area (Å²) in [6, 6.07) is 9.54. The molecule has 1 fully saturated rings. The Morgan fingerprint density at radius 3 is 2.50 bits per heavy atom. The number of aryl methyl sites for hydroxylation is 1. The Balaban J connectivity index is 1.58. The molecule has 0 aliphatic carbocycles. The first kappa shape index (κ1) is 15.4. The number of nitrogens with zero attached hydrogens (tertiary/aromatic N) is 4. The van der Waals surface area contributed by atoms with E-state index in [-0.39, 0.29) is 0 Å². The number of piperidine rings is 1. The zero-order valence-corrected chi connectivity index (χ0v) is 14.2. The average molecular weight is 343 g/mol. The second-order valence-electron chi connectivity index (χ2n) is 6.39. The van der Waals surface area contributed by atoms with Crippen LogP contribution < -0.4 is 4.90 Å². The second-order valence-corrected chi connectivity index (χ2v) is 6.82. The van der Waals surface area contributed by atoms with E-state index < -0.39 is 5.60 Å². The molecule has 1 aliphatic rings. The molecule has 2 aromatic heterocycles. The third kappa shape index (κ3) is 2.54. The molecule has 1 aromatic carbocycles. The van der Waals surface area contributed by atoms with Gasteiger partial charge in [0.1, 0.15) is 17.8 Å². The van der Waals surface area contributed by atoms with Gasteiger partial charge in [-0.1, -0.05) is 23.7 Å². The molecule has 124 valence electrons. The number of aromatic nitrogens is 3. The topological polar surface area (TPSA) is 54.2 Å². The van der Waals surface area contributed by atoms with Gasteiger partial charge in [0, 0.05) is 31.4 Å². The third-order valence-corrected chi connectivity index (χ3v) is 5.16. The van der Waals surface area contributed by atoms with Gasteiger partial charge >= 0.3 is 0 Å². The summed E-state index contributed by atoms with van der Waals surface area (Å²) in [5.74, 6) is 0.943. The zero-order valence-electron chi connectivity index (χ0n) is 13.5. The molecule has 0 radical (unpaired) electrons. The first-order chi connectivity index (χ1) is 11.6. The van der Waals surface area contributed by atoms with Crippen LogP contribution in [0.15, 0.2) is 42.9 Å². The summed E-state index contributed by atoms with van der Waals surface area (Å²) in [7, 11) is 1.98. The number of benzene rings is 1. The molecule has 24 heavy (non-hydrogen) atoms. The molecule has 0 bridgehead atoms. The minimum absolute atomic E-state index is 0.660. The van der Waals surface area contributed by atoms with Crippen molar-refractivity contribution in [3.8, 4) is 0 Å². The summed E-state index contributed by atoms with van der Waals surface area (Å²) in [5.41, 5.74) is 1.06. The van der Waals surface area contributed by atoms with Gasteiger partial charge in [0.05, 0.1) is 11.0 Å². The van der Waals surface area contributed by atoms with E-state index in [1.807, 2.05) is 48.1 Å². The molecule has 0 amide bonds. The summed E-state index contributed by atoms with van der Waals surface area (Å²) >= 11 is 5.95. The van der Waals surface area contributed by atoms with Crippen LogP contribution in [0.25, 0.3) is 11.0 Å². The summed E-state index contributed by atoms with van der Waals surface area (Å²) in [4.78, 5) is 11.1. The summed E-state index contributed by atoms with van der Waals surface area (Å²) in [6.45, 7) is 1.50. The predicted molar refractivity (Wildman–Crippen MR) is 95.3 cm³/mol. The number of halogens is 1. The van der Waals surface area contributed by atoms with Crippen LogP contribution in [0.5, 0.6) is 0 Å². The van der Waals surface area contributed by atoms with E-state index in [1.54, 1.807) is 6.33 Å². The lowest BCUT2D eigenvalue weighted by Crippen LogP contribution is -2.43. The van der Waals surface area contributed by atoms with Gasteiger partial charge in [-0.05, 0) is 36.6 Å². The van der Waals surface area contributed by atoms with Gasteiger partial charge in [-0.3, -0.25) is 0 Å². The van der Waals surface area contributed by atoms with Crippen LogP contribution in [0.4, 0.5) is 5.82 Å². The van der Waals surface area contributed by atoms with Crippen LogP contribution in [0.3, 0.4) is 0 Å². The van der Waals surface area contributed by atoms with Crippen LogP contribution in [0.1, 0.15) is 18.4 Å². The molecule has 5 nitrogen and oxygen atoms in total. The maximum Gasteiger partial charge on any atom is 0.145 e. The lowest BCUT2D eigenvalue weighted by molar-refractivity contribution is 0.0117. The smallest absolute Gasteiger partial charge is 0.145 e. The van der Waals surface area contributed by atoms with Crippen molar-refractivity contribution in [2.75, 3.05) is 18.0 Å². The minimum atomic E-state index is -0.802. The van der Waals surface area contributed by atoms with Crippen LogP contribution >= 0.6 is 11.6 Å². The Morgan fingerprint density at radius 1 is 1.08 bits per heavy atom. The van der Waals surface area contributed by atoms with Crippen molar-refractivity contribution in [3.05, 3.63) is 53.4 Å². The Hall–Kier alpha value is -2.11. The van der Waals surface area contributed by atoms with Gasteiger partial charge in [0.25, 0.3) is 0 Å². The van der Waals surface area contributed by atoms with Gasteiger partial charge in [0.2, 0.25) is 0 Å². The van der Waals surface area contributed by atoms with E-state index in [9.17, 15) is 5.11 Å². The fourth-order valence-corrected chi connectivity index (χ4v) is 3.58. The fraction of sp³-hybridized carbons (Fsp3) is 0.333. The molecular formula is C18H19ClN4O. The summed E-state index contributed by atoms with van der Waals surface area (Å²) < 4.78 is 1.99. The normalized spacial score (nSPS) is 17.4. The maximum absolute atomic E-state index is 11.0. The number of fused-ring (bicyclic) bond motifs is 1. The van der Waals surface area contributed by atoms with E-state index in [0.717, 1.165) is 35.5 Å². The van der Waals surface area contributed by atoms with Crippen molar-refractivity contribution in [1.29, 1.82) is 0 Å². The molecule has 3 heterocycles. The van der Waals surface area contributed by atoms with E-state index >= 15 is 0 Å². The Kier molecular flexibility index (Phi) is 3.70. The number of hydrogen-bond donors (Lipinski definition) is 1. The van der Waals surface area contributed by atoms with E-state index in [4.69, 9.17) is 11.6 Å². The van der Waals surface area contributed by atoms with Crippen LogP contribution in [-0.2, 0) is 12.6 Å². The number of hydrogen-bond acceptors (Lipinski definition) is 4. The molecule has 0 spiro atoms. The molecule has 1 N–H and O–H groups in total. The number of rotatable bonds is 2. The van der Waals surface area contributed by atoms with Gasteiger partial charge < -0.3 is 14.6 Å². The standard InChI is InChI=1S/C18H19ClN4O/c1-22-9-6-15-16(22)20-12-21-17(15)23-10-7-18(24,8-11-23)13-2-4-14(19)5-3-13/h2-6,9,12,24H,7-8,10-11H2,1H3. The average Bonchev–Trinajstić information content (AvgIpc) is 2.98. The van der Waals surface area contributed by atoms with E-state index in [0.29, 0.717) is 17.9 Å². The molecule has 0 atom stereocenters. The van der Waals surface area contributed by atoms with Gasteiger partial charge in [-0.25, -0.2) is 9.97 Å². The minimum Gasteiger partial charge on any atom is -0.385 e. The number of aliphatic hydroxyl groups is 1. The molecular weight excluding hydrogens is 324 g/mol. The first-order valence-corrected chi connectivity index (χ1v) is 8.44. The predicted octanol–water partition coefficient (Wildman–Crippen LogP) is 3.11. The highest BCUT2D eigenvalue weighted by atomic mass is 35.5. The highest BCUT2D eigenvalue weighted by Crippen LogP contribution is 2.35. The second kappa shape index (κ2) is 5.76. The first-order valence-electron chi connectivity index (χ1n) is 8.06. The van der Waals surface area contributed by atoms with Crippen molar-refractivity contribution in [2.45, 2.75) is 18.4 Å². The van der Waals surface area contributed by atoms with Crippen molar-refractivity contribution < 1.29 is 5.11 Å². The van der Waals surface area contributed by atoms with E-state index in [2.05, 4.69) is 14.9 Å². The van der Waals surface area contributed by atoms with Crippen molar-refractivity contribution >= 4 is 28.5 Å². The molecule has 1 saturated heterocycles. The Morgan fingerprint density at radius 2 is 1.79 bits per heavy atom. The number of anilines is 1. The Labute approximate surface area is 145 Å².